The average Bonchev–Trinajstić information content (AvgIpc) is 3.11. The second kappa shape index (κ2) is 13.2. The number of nitrogens with zero attached hydrogens (tertiary/aromatic N) is 3. The first-order chi connectivity index (χ1) is 16.2. The third-order valence-corrected chi connectivity index (χ3v) is 6.94. The number of aryl methyl sites for hydroxylation is 1. The van der Waals surface area contributed by atoms with Crippen LogP contribution in [-0.4, -0.2) is 41.5 Å². The molecule has 0 saturated carbocycles. The van der Waals surface area contributed by atoms with Crippen molar-refractivity contribution in [1.82, 2.24) is 20.0 Å². The SMILES string of the molecule is CCCCNC(=O)NCC(=O)N(C)c1ccc(Cl)c(COc2cccn3c(Br)c(C)nc23)c1Cl.Cl. The second-order valence-corrected chi connectivity index (χ2v) is 9.15. The van der Waals surface area contributed by atoms with Crippen molar-refractivity contribution in [3.63, 3.8) is 0 Å². The number of ether oxygens (including phenoxy) is 1. The normalized spacial score (nSPS) is 10.6. The van der Waals surface area contributed by atoms with Crippen molar-refractivity contribution in [2.75, 3.05) is 25.0 Å². The molecule has 3 rings (SSSR count). The largest absolute Gasteiger partial charge is 0.485 e. The van der Waals surface area contributed by atoms with Crippen LogP contribution in [0.3, 0.4) is 0 Å². The summed E-state index contributed by atoms with van der Waals surface area (Å²) in [5.41, 5.74) is 2.49. The van der Waals surface area contributed by atoms with E-state index in [9.17, 15) is 9.59 Å². The Hall–Kier alpha value is -2.20. The number of imidazole rings is 1. The minimum absolute atomic E-state index is 0. The van der Waals surface area contributed by atoms with Crippen LogP contribution < -0.4 is 20.3 Å². The van der Waals surface area contributed by atoms with Crippen molar-refractivity contribution < 1.29 is 14.3 Å². The summed E-state index contributed by atoms with van der Waals surface area (Å²) in [6.45, 7) is 4.39. The standard InChI is InChI=1S/C23H26BrCl2N5O3.ClH/c1-4-5-10-27-23(33)28-12-19(32)30(3)17-9-8-16(25)15(20(17)26)13-34-18-7-6-11-31-21(24)14(2)29-22(18)31;/h6-9,11H,4-5,10,12-13H2,1-3H3,(H2,27,28,33);1H. The van der Waals surface area contributed by atoms with Gasteiger partial charge < -0.3 is 20.3 Å². The Morgan fingerprint density at radius 2 is 1.97 bits per heavy atom. The molecule has 3 amide bonds. The summed E-state index contributed by atoms with van der Waals surface area (Å²) in [6.07, 6.45) is 3.72. The number of hydrogen-bond donors (Lipinski definition) is 2. The molecule has 2 heterocycles. The number of anilines is 1. The molecule has 35 heavy (non-hydrogen) atoms. The molecule has 190 valence electrons. The number of nitrogens with one attached hydrogen (secondary N) is 2. The van der Waals surface area contributed by atoms with E-state index in [-0.39, 0.29) is 37.5 Å². The molecule has 0 aliphatic heterocycles. The first kappa shape index (κ1) is 29.0. The van der Waals surface area contributed by atoms with E-state index in [1.54, 1.807) is 19.2 Å². The van der Waals surface area contributed by atoms with Crippen LogP contribution in [0.15, 0.2) is 35.1 Å². The second-order valence-electron chi connectivity index (χ2n) is 7.62. The number of amides is 3. The zero-order valence-electron chi connectivity index (χ0n) is 19.5. The molecule has 1 aromatic carbocycles. The number of hydrogen-bond acceptors (Lipinski definition) is 4. The molecule has 12 heteroatoms. The number of benzene rings is 1. The molecule has 0 aliphatic rings. The molecule has 2 aromatic heterocycles. The fourth-order valence-corrected chi connectivity index (χ4v) is 4.20. The first-order valence-corrected chi connectivity index (χ1v) is 12.3. The predicted molar refractivity (Wildman–Crippen MR) is 145 cm³/mol. The van der Waals surface area contributed by atoms with Crippen LogP contribution in [0.1, 0.15) is 31.0 Å². The molecule has 0 aliphatic carbocycles. The number of urea groups is 1. The van der Waals surface area contributed by atoms with Gasteiger partial charge in [-0.2, -0.15) is 0 Å². The maximum atomic E-state index is 12.6. The van der Waals surface area contributed by atoms with E-state index in [2.05, 4.69) is 31.5 Å². The minimum atomic E-state index is -0.387. The van der Waals surface area contributed by atoms with E-state index < -0.39 is 0 Å². The van der Waals surface area contributed by atoms with Gasteiger partial charge in [0.2, 0.25) is 5.91 Å². The van der Waals surface area contributed by atoms with Crippen LogP contribution in [-0.2, 0) is 11.4 Å². The van der Waals surface area contributed by atoms with Crippen LogP contribution in [0, 0.1) is 6.92 Å². The first-order valence-electron chi connectivity index (χ1n) is 10.8. The van der Waals surface area contributed by atoms with Gasteiger partial charge in [0.15, 0.2) is 11.4 Å². The van der Waals surface area contributed by atoms with Crippen LogP contribution >= 0.6 is 51.5 Å². The van der Waals surface area contributed by atoms with E-state index in [1.165, 1.54) is 4.90 Å². The van der Waals surface area contributed by atoms with Crippen LogP contribution in [0.5, 0.6) is 5.75 Å². The topological polar surface area (TPSA) is 88.0 Å². The molecule has 0 bridgehead atoms. The lowest BCUT2D eigenvalue weighted by Crippen LogP contribution is -2.43. The third-order valence-electron chi connectivity index (χ3n) is 5.20. The maximum absolute atomic E-state index is 12.6. The minimum Gasteiger partial charge on any atom is -0.485 e. The zero-order chi connectivity index (χ0) is 24.8. The number of carbonyl (C=O) groups is 2. The van der Waals surface area contributed by atoms with Crippen molar-refractivity contribution in [2.45, 2.75) is 33.3 Å². The summed E-state index contributed by atoms with van der Waals surface area (Å²) in [6, 6.07) is 6.59. The number of fused-ring (bicyclic) bond motifs is 1. The summed E-state index contributed by atoms with van der Waals surface area (Å²) in [4.78, 5) is 30.4. The number of halogens is 4. The molecule has 0 spiro atoms. The highest BCUT2D eigenvalue weighted by Crippen LogP contribution is 2.35. The van der Waals surface area contributed by atoms with Gasteiger partial charge in [-0.05, 0) is 53.5 Å². The Labute approximate surface area is 228 Å². The zero-order valence-corrected chi connectivity index (χ0v) is 23.4. The molecular formula is C23H27BrCl3N5O3. The quantitative estimate of drug-likeness (QED) is 0.302. The molecule has 0 radical (unpaired) electrons. The third kappa shape index (κ3) is 6.94. The summed E-state index contributed by atoms with van der Waals surface area (Å²) < 4.78 is 8.74. The molecule has 0 fully saturated rings. The van der Waals surface area contributed by atoms with Gasteiger partial charge in [-0.15, -0.1) is 12.4 Å². The van der Waals surface area contributed by atoms with E-state index >= 15 is 0 Å². The van der Waals surface area contributed by atoms with Crippen molar-refractivity contribution in [3.05, 3.63) is 56.4 Å². The van der Waals surface area contributed by atoms with E-state index in [4.69, 9.17) is 27.9 Å². The number of aromatic nitrogens is 2. The molecule has 2 N–H and O–H groups in total. The Bertz CT molecular complexity index is 1200. The molecule has 8 nitrogen and oxygen atoms in total. The van der Waals surface area contributed by atoms with Crippen LogP contribution in [0.25, 0.3) is 5.65 Å². The van der Waals surface area contributed by atoms with E-state index in [1.807, 2.05) is 36.6 Å². The monoisotopic (exact) mass is 605 g/mol. The lowest BCUT2D eigenvalue weighted by atomic mass is 10.2. The number of carbonyl (C=O) groups excluding carboxylic acids is 2. The van der Waals surface area contributed by atoms with Gasteiger partial charge in [0.1, 0.15) is 11.2 Å². The van der Waals surface area contributed by atoms with Gasteiger partial charge in [-0.3, -0.25) is 9.20 Å². The van der Waals surface area contributed by atoms with Crippen LogP contribution in [0.2, 0.25) is 10.0 Å². The maximum Gasteiger partial charge on any atom is 0.315 e. The molecular weight excluding hydrogens is 581 g/mol. The Kier molecular flexibility index (Phi) is 11.0. The average molecular weight is 608 g/mol. The smallest absolute Gasteiger partial charge is 0.315 e. The van der Waals surface area contributed by atoms with Crippen molar-refractivity contribution in [2.24, 2.45) is 0 Å². The van der Waals surface area contributed by atoms with Gasteiger partial charge in [-0.1, -0.05) is 36.5 Å². The van der Waals surface area contributed by atoms with E-state index in [0.717, 1.165) is 23.1 Å². The summed E-state index contributed by atoms with van der Waals surface area (Å²) in [7, 11) is 1.59. The molecule has 3 aromatic rings. The molecule has 0 saturated heterocycles. The number of rotatable bonds is 9. The van der Waals surface area contributed by atoms with Gasteiger partial charge >= 0.3 is 6.03 Å². The number of likely N-dealkylation sites (N-methyl/N-ethyl adjacent to an activating group) is 1. The Morgan fingerprint density at radius 1 is 1.23 bits per heavy atom. The van der Waals surface area contributed by atoms with Crippen molar-refractivity contribution in [3.8, 4) is 5.75 Å². The summed E-state index contributed by atoms with van der Waals surface area (Å²) in [5, 5.41) is 5.97. The summed E-state index contributed by atoms with van der Waals surface area (Å²) in [5.74, 6) is 0.237. The van der Waals surface area contributed by atoms with Gasteiger partial charge in [-0.25, -0.2) is 9.78 Å². The molecule has 0 unspecified atom stereocenters. The van der Waals surface area contributed by atoms with Crippen molar-refractivity contribution in [1.29, 1.82) is 0 Å². The lowest BCUT2D eigenvalue weighted by Gasteiger charge is -2.21. The Morgan fingerprint density at radius 3 is 2.69 bits per heavy atom. The highest BCUT2D eigenvalue weighted by atomic mass is 79.9. The van der Waals surface area contributed by atoms with Gasteiger partial charge in [0.05, 0.1) is 22.9 Å². The number of unbranched alkanes of at least 4 members (excludes halogenated alkanes) is 1. The van der Waals surface area contributed by atoms with E-state index in [0.29, 0.717) is 39.2 Å². The summed E-state index contributed by atoms with van der Waals surface area (Å²) >= 11 is 16.5. The van der Waals surface area contributed by atoms with Gasteiger partial charge in [0, 0.05) is 30.4 Å². The highest BCUT2D eigenvalue weighted by molar-refractivity contribution is 9.10. The lowest BCUT2D eigenvalue weighted by molar-refractivity contribution is -0.117. The van der Waals surface area contributed by atoms with Gasteiger partial charge in [0.25, 0.3) is 0 Å². The fourth-order valence-electron chi connectivity index (χ4n) is 3.22. The fraction of sp³-hybridized carbons (Fsp3) is 0.348. The van der Waals surface area contributed by atoms with Crippen LogP contribution in [0.4, 0.5) is 10.5 Å². The molecule has 0 atom stereocenters. The Balaban J connectivity index is 0.00000432. The number of pyridine rings is 1. The van der Waals surface area contributed by atoms with Crippen molar-refractivity contribution >= 4 is 74.8 Å². The predicted octanol–water partition coefficient (Wildman–Crippen LogP) is 5.77. The highest BCUT2D eigenvalue weighted by Gasteiger charge is 2.20.